The van der Waals surface area contributed by atoms with Crippen LogP contribution in [0.2, 0.25) is 0 Å². The lowest BCUT2D eigenvalue weighted by Gasteiger charge is -2.22. The standard InChI is InChI=1S/C46H38B10N6/c47-33-31(34(48)38(52)41(55)37(33)51)45-58-44(59-46(60-45)32-35(49)39(53)42(56)40(54)36(32)50)20-14-16-26(21(18-20)19-57)62-27-12-6-4-10-23(27)24-15-17-29-30(43(24)62)25-11-5-7-13-28(25)61(29)22-8-2-1-3-9-22/h1-18H,47-56H2. The lowest BCUT2D eigenvalue weighted by atomic mass is 9.60. The van der Waals surface area contributed by atoms with E-state index in [1.807, 2.05) is 6.07 Å². The highest BCUT2D eigenvalue weighted by Crippen LogP contribution is 2.42. The zero-order valence-electron chi connectivity index (χ0n) is 37.1. The summed E-state index contributed by atoms with van der Waals surface area (Å²) in [6.45, 7) is 0. The van der Waals surface area contributed by atoms with Crippen molar-refractivity contribution < 1.29 is 0 Å². The fourth-order valence-electron chi connectivity index (χ4n) is 9.97. The first-order valence-electron chi connectivity index (χ1n) is 21.4. The molecule has 3 heterocycles. The monoisotopic (exact) mass is 784 g/mol. The number of nitrogens with zero attached hydrogens (tertiary/aromatic N) is 6. The van der Waals surface area contributed by atoms with E-state index < -0.39 is 0 Å². The summed E-state index contributed by atoms with van der Waals surface area (Å²) in [4.78, 5) is 15.9. The molecule has 10 aromatic rings. The normalized spacial score (nSPS) is 11.5. The van der Waals surface area contributed by atoms with E-state index in [0.717, 1.165) is 93.5 Å². The van der Waals surface area contributed by atoms with Gasteiger partial charge in [-0.3, -0.25) is 0 Å². The van der Waals surface area contributed by atoms with Gasteiger partial charge in [-0.2, -0.15) is 5.26 Å². The van der Waals surface area contributed by atoms with Gasteiger partial charge in [-0.1, -0.05) is 82.5 Å². The maximum Gasteiger partial charge on any atom is 0.164 e. The molecule has 0 fully saturated rings. The Morgan fingerprint density at radius 2 is 0.903 bits per heavy atom. The molecule has 62 heavy (non-hydrogen) atoms. The summed E-state index contributed by atoms with van der Waals surface area (Å²) < 4.78 is 4.63. The molecule has 0 unspecified atom stereocenters. The van der Waals surface area contributed by atoms with Crippen LogP contribution in [0.1, 0.15) is 5.56 Å². The first-order valence-corrected chi connectivity index (χ1v) is 21.4. The highest BCUT2D eigenvalue weighted by atomic mass is 15.0. The fourth-order valence-corrected chi connectivity index (χ4v) is 9.97. The Morgan fingerprint density at radius 1 is 0.419 bits per heavy atom. The van der Waals surface area contributed by atoms with Gasteiger partial charge in [0.05, 0.1) is 33.3 Å². The molecule has 0 radical (unpaired) electrons. The molecular formula is C46H38B10N6. The van der Waals surface area contributed by atoms with Gasteiger partial charge >= 0.3 is 0 Å². The van der Waals surface area contributed by atoms with Crippen LogP contribution in [0.4, 0.5) is 0 Å². The fraction of sp³-hybridized carbons (Fsp3) is 0. The quantitative estimate of drug-likeness (QED) is 0.163. The number of para-hydroxylation sites is 3. The van der Waals surface area contributed by atoms with Crippen LogP contribution in [-0.4, -0.2) is 103 Å². The molecular weight excluding hydrogens is 745 g/mol. The van der Waals surface area contributed by atoms with E-state index in [2.05, 4.69) is 197 Å². The number of fused-ring (bicyclic) bond motifs is 7. The Labute approximate surface area is 370 Å². The van der Waals surface area contributed by atoms with Crippen molar-refractivity contribution in [2.24, 2.45) is 0 Å². The van der Waals surface area contributed by atoms with Gasteiger partial charge in [0.15, 0.2) is 17.5 Å². The van der Waals surface area contributed by atoms with Gasteiger partial charge in [0.2, 0.25) is 0 Å². The molecule has 0 aliphatic carbocycles. The second-order valence-electron chi connectivity index (χ2n) is 17.0. The molecule has 0 spiro atoms. The first-order chi connectivity index (χ1) is 29.9. The summed E-state index contributed by atoms with van der Waals surface area (Å²) in [5, 5.41) is 15.7. The molecule has 0 amide bonds. The van der Waals surface area contributed by atoms with Crippen LogP contribution >= 0.6 is 0 Å². The second kappa shape index (κ2) is 14.7. The number of rotatable bonds is 5. The molecule has 0 bridgehead atoms. The van der Waals surface area contributed by atoms with Crippen LogP contribution < -0.4 is 54.6 Å². The number of nitriles is 1. The van der Waals surface area contributed by atoms with Gasteiger partial charge < -0.3 is 9.13 Å². The Kier molecular flexibility index (Phi) is 9.37. The summed E-state index contributed by atoms with van der Waals surface area (Å²) in [6, 6.07) is 40.9. The Bertz CT molecular complexity index is 3470. The van der Waals surface area contributed by atoms with E-state index in [1.54, 1.807) is 0 Å². The molecule has 0 aliphatic heterocycles. The number of hydrogen-bond donors (Lipinski definition) is 0. The summed E-state index contributed by atoms with van der Waals surface area (Å²) in [7, 11) is 21.8. The topological polar surface area (TPSA) is 72.3 Å². The van der Waals surface area contributed by atoms with Crippen molar-refractivity contribution in [2.45, 2.75) is 0 Å². The molecule has 0 N–H and O–H groups in total. The van der Waals surface area contributed by atoms with E-state index >= 15 is 0 Å². The molecule has 0 saturated heterocycles. The maximum atomic E-state index is 11.1. The zero-order chi connectivity index (χ0) is 43.3. The van der Waals surface area contributed by atoms with Crippen molar-refractivity contribution in [3.05, 3.63) is 115 Å². The lowest BCUT2D eigenvalue weighted by Crippen LogP contribution is -2.55. The SMILES string of the molecule is Bc1c(B)c(B)c(-c2nc(-c3ccc(-n4c5ccccc5c5ccc6c(c7ccccc7n6-c6ccccc6)c54)c(C#N)c3)nc(-c3c(B)c(B)c(B)c(B)c3B)n2)c(B)c1B. The van der Waals surface area contributed by atoms with E-state index in [0.29, 0.717) is 23.0 Å². The third-order valence-corrected chi connectivity index (χ3v) is 14.2. The van der Waals surface area contributed by atoms with Crippen LogP contribution in [0.3, 0.4) is 0 Å². The van der Waals surface area contributed by atoms with Crippen molar-refractivity contribution in [1.82, 2.24) is 24.1 Å². The molecule has 0 atom stereocenters. The number of hydrogen-bond acceptors (Lipinski definition) is 4. The predicted octanol–water partition coefficient (Wildman–Crippen LogP) is -6.48. The number of benzene rings is 7. The molecule has 6 nitrogen and oxygen atoms in total. The van der Waals surface area contributed by atoms with Crippen molar-refractivity contribution in [3.8, 4) is 51.6 Å². The largest absolute Gasteiger partial charge is 0.309 e. The van der Waals surface area contributed by atoms with Crippen molar-refractivity contribution in [1.29, 1.82) is 5.26 Å². The molecule has 0 aliphatic rings. The highest BCUT2D eigenvalue weighted by Gasteiger charge is 2.25. The van der Waals surface area contributed by atoms with Gasteiger partial charge in [0.25, 0.3) is 0 Å². The number of aromatic nitrogens is 5. The summed E-state index contributed by atoms with van der Waals surface area (Å²) >= 11 is 0. The van der Waals surface area contributed by atoms with E-state index in [1.165, 1.54) is 32.8 Å². The van der Waals surface area contributed by atoms with Crippen molar-refractivity contribution >= 4 is 177 Å². The minimum absolute atomic E-state index is 0.529. The van der Waals surface area contributed by atoms with E-state index in [-0.39, 0.29) is 0 Å². The van der Waals surface area contributed by atoms with Gasteiger partial charge in [-0.25, -0.2) is 15.0 Å². The first kappa shape index (κ1) is 39.4. The maximum absolute atomic E-state index is 11.1. The van der Waals surface area contributed by atoms with Crippen LogP contribution in [0, 0.1) is 11.3 Å². The molecule has 16 heteroatoms. The third-order valence-electron chi connectivity index (χ3n) is 14.2. The highest BCUT2D eigenvalue weighted by molar-refractivity contribution is 6.70. The van der Waals surface area contributed by atoms with E-state index in [4.69, 9.17) is 15.0 Å². The van der Waals surface area contributed by atoms with E-state index in [9.17, 15) is 5.26 Å². The molecule has 7 aromatic carbocycles. The average molecular weight is 783 g/mol. The Hall–Kier alpha value is -6.71. The summed E-state index contributed by atoms with van der Waals surface area (Å²) in [5.41, 5.74) is 21.8. The third kappa shape index (κ3) is 5.74. The Morgan fingerprint density at radius 3 is 1.47 bits per heavy atom. The van der Waals surface area contributed by atoms with Gasteiger partial charge in [0.1, 0.15) is 84.5 Å². The summed E-state index contributed by atoms with van der Waals surface area (Å²) in [6.07, 6.45) is 0. The molecule has 282 valence electrons. The molecule has 0 saturated carbocycles. The Balaban J connectivity index is 1.26. The minimum Gasteiger partial charge on any atom is -0.309 e. The minimum atomic E-state index is 0.529. The molecule has 3 aromatic heterocycles. The van der Waals surface area contributed by atoms with Crippen molar-refractivity contribution in [3.63, 3.8) is 0 Å². The van der Waals surface area contributed by atoms with Crippen LogP contribution in [0.25, 0.3) is 89.2 Å². The second-order valence-corrected chi connectivity index (χ2v) is 17.0. The van der Waals surface area contributed by atoms with Crippen LogP contribution in [0.5, 0.6) is 0 Å². The van der Waals surface area contributed by atoms with Gasteiger partial charge in [-0.05, 0) is 48.5 Å². The zero-order valence-corrected chi connectivity index (χ0v) is 37.1. The summed E-state index contributed by atoms with van der Waals surface area (Å²) in [5.74, 6) is 1.82. The predicted molar refractivity (Wildman–Crippen MR) is 291 cm³/mol. The lowest BCUT2D eigenvalue weighted by molar-refractivity contribution is 1.08. The van der Waals surface area contributed by atoms with Gasteiger partial charge in [0, 0.05) is 43.9 Å². The smallest absolute Gasteiger partial charge is 0.164 e. The van der Waals surface area contributed by atoms with Crippen LogP contribution in [-0.2, 0) is 0 Å². The van der Waals surface area contributed by atoms with Crippen molar-refractivity contribution in [2.75, 3.05) is 0 Å². The average Bonchev–Trinajstić information content (AvgIpc) is 3.82. The van der Waals surface area contributed by atoms with Gasteiger partial charge in [-0.15, -0.1) is 32.8 Å². The molecule has 10 rings (SSSR count). The van der Waals surface area contributed by atoms with Crippen LogP contribution in [0.15, 0.2) is 109 Å².